The van der Waals surface area contributed by atoms with E-state index in [0.717, 1.165) is 0 Å². The maximum absolute atomic E-state index is 11.8. The third kappa shape index (κ3) is 7.40. The molecule has 4 N–H and O–H groups in total. The zero-order valence-corrected chi connectivity index (χ0v) is 12.4. The summed E-state index contributed by atoms with van der Waals surface area (Å²) < 4.78 is 4.85. The second kappa shape index (κ2) is 9.06. The molecule has 0 bridgehead atoms. The van der Waals surface area contributed by atoms with Crippen molar-refractivity contribution in [1.29, 1.82) is 0 Å². The number of amides is 1. The van der Waals surface area contributed by atoms with E-state index >= 15 is 0 Å². The van der Waals surface area contributed by atoms with Crippen LogP contribution < -0.4 is 11.1 Å². The quantitative estimate of drug-likeness (QED) is 0.384. The summed E-state index contributed by atoms with van der Waals surface area (Å²) in [6.07, 6.45) is -0.571. The molecule has 0 saturated carbocycles. The van der Waals surface area contributed by atoms with E-state index in [1.54, 1.807) is 13.8 Å². The SMILES string of the molecule is CC(C)C(NC(=O)CC[C@H](N)C(=O)O)C(=O)O[C@@H](C)C=O. The summed E-state index contributed by atoms with van der Waals surface area (Å²) in [5, 5.41) is 11.1. The van der Waals surface area contributed by atoms with E-state index in [2.05, 4.69) is 5.32 Å². The van der Waals surface area contributed by atoms with Crippen LogP contribution >= 0.6 is 0 Å². The van der Waals surface area contributed by atoms with Crippen LogP contribution in [0.5, 0.6) is 0 Å². The molecule has 1 unspecified atom stereocenters. The highest BCUT2D eigenvalue weighted by atomic mass is 16.5. The summed E-state index contributed by atoms with van der Waals surface area (Å²) in [6.45, 7) is 4.83. The summed E-state index contributed by atoms with van der Waals surface area (Å²) >= 11 is 0. The summed E-state index contributed by atoms with van der Waals surface area (Å²) in [7, 11) is 0. The monoisotopic (exact) mass is 302 g/mol. The van der Waals surface area contributed by atoms with Gasteiger partial charge < -0.3 is 20.9 Å². The lowest BCUT2D eigenvalue weighted by Crippen LogP contribution is -2.46. The third-order valence-corrected chi connectivity index (χ3v) is 2.73. The van der Waals surface area contributed by atoms with Gasteiger partial charge in [0, 0.05) is 6.42 Å². The van der Waals surface area contributed by atoms with Gasteiger partial charge in [0.25, 0.3) is 0 Å². The second-order valence-corrected chi connectivity index (χ2v) is 5.05. The minimum absolute atomic E-state index is 0.0359. The number of carbonyl (C=O) groups is 4. The third-order valence-electron chi connectivity index (χ3n) is 2.73. The maximum Gasteiger partial charge on any atom is 0.329 e. The highest BCUT2D eigenvalue weighted by Gasteiger charge is 2.27. The Kier molecular flexibility index (Phi) is 8.22. The van der Waals surface area contributed by atoms with Gasteiger partial charge in [-0.2, -0.15) is 0 Å². The second-order valence-electron chi connectivity index (χ2n) is 5.05. The molecule has 1 amide bonds. The molecule has 0 aromatic heterocycles. The van der Waals surface area contributed by atoms with E-state index in [9.17, 15) is 19.2 Å². The number of nitrogens with one attached hydrogen (secondary N) is 1. The van der Waals surface area contributed by atoms with Gasteiger partial charge in [0.1, 0.15) is 12.1 Å². The lowest BCUT2D eigenvalue weighted by Gasteiger charge is -2.22. The van der Waals surface area contributed by atoms with Gasteiger partial charge in [-0.1, -0.05) is 13.8 Å². The largest absolute Gasteiger partial charge is 0.480 e. The van der Waals surface area contributed by atoms with E-state index < -0.39 is 36.0 Å². The molecule has 0 radical (unpaired) electrons. The number of carbonyl (C=O) groups excluding carboxylic acids is 3. The van der Waals surface area contributed by atoms with Crippen LogP contribution in [0.15, 0.2) is 0 Å². The standard InChI is InChI=1S/C13H22N2O6/c1-7(2)11(13(20)21-8(3)6-16)15-10(17)5-4-9(14)12(18)19/h6-9,11H,4-5,14H2,1-3H3,(H,15,17)(H,18,19)/t8-,9-,11?/m0/s1. The number of esters is 1. The molecule has 0 rings (SSSR count). The number of aldehydes is 1. The van der Waals surface area contributed by atoms with Gasteiger partial charge in [-0.3, -0.25) is 14.4 Å². The Morgan fingerprint density at radius 2 is 1.86 bits per heavy atom. The van der Waals surface area contributed by atoms with Crippen molar-refractivity contribution in [3.05, 3.63) is 0 Å². The first-order valence-corrected chi connectivity index (χ1v) is 6.62. The molecule has 0 aliphatic heterocycles. The zero-order chi connectivity index (χ0) is 16.6. The number of ether oxygens (including phenoxy) is 1. The predicted octanol–water partition coefficient (Wildman–Crippen LogP) is -0.550. The fourth-order valence-electron chi connectivity index (χ4n) is 1.44. The first kappa shape index (κ1) is 19.0. The number of aliphatic carboxylic acids is 1. The fraction of sp³-hybridized carbons (Fsp3) is 0.692. The molecule has 0 fully saturated rings. The average molecular weight is 302 g/mol. The average Bonchev–Trinajstić information content (AvgIpc) is 2.40. The maximum atomic E-state index is 11.8. The van der Waals surface area contributed by atoms with E-state index in [1.165, 1.54) is 6.92 Å². The van der Waals surface area contributed by atoms with Crippen molar-refractivity contribution in [3.8, 4) is 0 Å². The molecule has 0 saturated heterocycles. The van der Waals surface area contributed by atoms with Gasteiger partial charge in [0.05, 0.1) is 0 Å². The molecule has 120 valence electrons. The highest BCUT2D eigenvalue weighted by molar-refractivity contribution is 5.85. The van der Waals surface area contributed by atoms with Crippen molar-refractivity contribution in [2.24, 2.45) is 11.7 Å². The molecule has 0 aromatic carbocycles. The molecule has 21 heavy (non-hydrogen) atoms. The van der Waals surface area contributed by atoms with Crippen molar-refractivity contribution < 1.29 is 29.0 Å². The van der Waals surface area contributed by atoms with E-state index in [1.807, 2.05) is 0 Å². The van der Waals surface area contributed by atoms with Gasteiger partial charge in [-0.15, -0.1) is 0 Å². The van der Waals surface area contributed by atoms with Gasteiger partial charge in [-0.05, 0) is 19.3 Å². The Morgan fingerprint density at radius 3 is 2.29 bits per heavy atom. The van der Waals surface area contributed by atoms with Crippen molar-refractivity contribution in [2.75, 3.05) is 0 Å². The van der Waals surface area contributed by atoms with Crippen molar-refractivity contribution in [2.45, 2.75) is 51.8 Å². The molecule has 0 aliphatic carbocycles. The fourth-order valence-corrected chi connectivity index (χ4v) is 1.44. The number of rotatable bonds is 9. The summed E-state index contributed by atoms with van der Waals surface area (Å²) in [6, 6.07) is -2.03. The van der Waals surface area contributed by atoms with Crippen LogP contribution in [0.2, 0.25) is 0 Å². The van der Waals surface area contributed by atoms with Crippen LogP contribution in [-0.4, -0.2) is 47.4 Å². The van der Waals surface area contributed by atoms with Crippen LogP contribution in [0.1, 0.15) is 33.6 Å². The predicted molar refractivity (Wildman–Crippen MR) is 73.2 cm³/mol. The zero-order valence-electron chi connectivity index (χ0n) is 12.4. The molecular weight excluding hydrogens is 280 g/mol. The molecule has 0 aromatic rings. The Morgan fingerprint density at radius 1 is 1.29 bits per heavy atom. The Balaban J connectivity index is 4.50. The number of hydrogen-bond acceptors (Lipinski definition) is 6. The van der Waals surface area contributed by atoms with Crippen LogP contribution in [0.3, 0.4) is 0 Å². The van der Waals surface area contributed by atoms with Crippen LogP contribution in [0, 0.1) is 5.92 Å². The van der Waals surface area contributed by atoms with Gasteiger partial charge in [-0.25, -0.2) is 4.79 Å². The van der Waals surface area contributed by atoms with Gasteiger partial charge in [0.15, 0.2) is 12.4 Å². The minimum Gasteiger partial charge on any atom is -0.480 e. The molecule has 0 aliphatic rings. The van der Waals surface area contributed by atoms with Crippen molar-refractivity contribution >= 4 is 24.1 Å². The molecule has 8 nitrogen and oxygen atoms in total. The smallest absolute Gasteiger partial charge is 0.329 e. The Labute approximate surface area is 123 Å². The van der Waals surface area contributed by atoms with E-state index in [0.29, 0.717) is 6.29 Å². The molecular formula is C13H22N2O6. The first-order chi connectivity index (χ1) is 9.68. The normalized spacial score (nSPS) is 14.9. The highest BCUT2D eigenvalue weighted by Crippen LogP contribution is 2.07. The Bertz CT molecular complexity index is 396. The summed E-state index contributed by atoms with van der Waals surface area (Å²) in [5.41, 5.74) is 5.29. The van der Waals surface area contributed by atoms with Gasteiger partial charge in [0.2, 0.25) is 5.91 Å². The molecule has 0 heterocycles. The number of nitrogens with two attached hydrogens (primary N) is 1. The van der Waals surface area contributed by atoms with E-state index in [4.69, 9.17) is 15.6 Å². The number of hydrogen-bond donors (Lipinski definition) is 3. The minimum atomic E-state index is -1.19. The van der Waals surface area contributed by atoms with Crippen LogP contribution in [0.25, 0.3) is 0 Å². The lowest BCUT2D eigenvalue weighted by atomic mass is 10.0. The van der Waals surface area contributed by atoms with Crippen LogP contribution in [0.4, 0.5) is 0 Å². The topological polar surface area (TPSA) is 136 Å². The van der Waals surface area contributed by atoms with Crippen molar-refractivity contribution in [1.82, 2.24) is 5.32 Å². The molecule has 8 heteroatoms. The van der Waals surface area contributed by atoms with Gasteiger partial charge >= 0.3 is 11.9 Å². The Hall–Kier alpha value is -1.96. The van der Waals surface area contributed by atoms with Crippen LogP contribution in [-0.2, 0) is 23.9 Å². The number of carboxylic acid groups (broad SMARTS) is 1. The molecule has 0 spiro atoms. The van der Waals surface area contributed by atoms with Crippen molar-refractivity contribution in [3.63, 3.8) is 0 Å². The first-order valence-electron chi connectivity index (χ1n) is 6.62. The lowest BCUT2D eigenvalue weighted by molar-refractivity contribution is -0.155. The summed E-state index contributed by atoms with van der Waals surface area (Å²) in [5.74, 6) is -2.64. The number of carboxylic acids is 1. The molecule has 3 atom stereocenters. The van der Waals surface area contributed by atoms with E-state index in [-0.39, 0.29) is 18.8 Å². The summed E-state index contributed by atoms with van der Waals surface area (Å²) in [4.78, 5) is 44.5.